The van der Waals surface area contributed by atoms with Crippen molar-refractivity contribution < 1.29 is 10.0 Å². The minimum absolute atomic E-state index is 0.204. The van der Waals surface area contributed by atoms with Gasteiger partial charge in [0.05, 0.1) is 0 Å². The zero-order chi connectivity index (χ0) is 10.5. The molecule has 0 heterocycles. The van der Waals surface area contributed by atoms with Gasteiger partial charge in [0, 0.05) is 6.42 Å². The first-order valence-electron chi connectivity index (χ1n) is 4.08. The molecule has 0 atom stereocenters. The molecule has 1 N–H and O–H groups in total. The second-order valence-electron chi connectivity index (χ2n) is 4.06. The minimum Gasteiger partial charge on any atom is -0.379 e. The van der Waals surface area contributed by atoms with Gasteiger partial charge in [0.15, 0.2) is 11.1 Å². The van der Waals surface area contributed by atoms with Crippen molar-refractivity contribution in [1.29, 1.82) is 0 Å². The van der Waals surface area contributed by atoms with Gasteiger partial charge >= 0.3 is 0 Å². The lowest BCUT2D eigenvalue weighted by atomic mass is 9.77. The van der Waals surface area contributed by atoms with Gasteiger partial charge in [-0.2, -0.15) is 0 Å². The first kappa shape index (κ1) is 11.8. The molecule has 0 unspecified atom stereocenters. The Bertz CT molecular complexity index is 231. The number of hydrogen-bond donors (Lipinski definition) is 1. The van der Waals surface area contributed by atoms with Crippen LogP contribution in [0.1, 0.15) is 33.6 Å². The summed E-state index contributed by atoms with van der Waals surface area (Å²) in [4.78, 5) is 19.1. The summed E-state index contributed by atoms with van der Waals surface area (Å²) in [6.45, 7) is 6.31. The van der Waals surface area contributed by atoms with Gasteiger partial charge in [0.2, 0.25) is 0 Å². The Balaban J connectivity index is 0.000000424. The van der Waals surface area contributed by atoms with E-state index in [2.05, 4.69) is 13.8 Å². The van der Waals surface area contributed by atoms with Gasteiger partial charge in [0.1, 0.15) is 0 Å². The summed E-state index contributed by atoms with van der Waals surface area (Å²) in [5.74, 6) is 0.286. The number of allylic oxidation sites excluding steroid dienone is 2. The van der Waals surface area contributed by atoms with Crippen molar-refractivity contribution in [2.75, 3.05) is 0 Å². The molecule has 0 saturated heterocycles. The van der Waals surface area contributed by atoms with Crippen LogP contribution in [0.5, 0.6) is 0 Å². The minimum atomic E-state index is 0.204. The Morgan fingerprint density at radius 1 is 1.46 bits per heavy atom. The van der Waals surface area contributed by atoms with Gasteiger partial charge in [-0.05, 0) is 24.8 Å². The maximum absolute atomic E-state index is 11.0. The summed E-state index contributed by atoms with van der Waals surface area (Å²) in [5, 5.41) is 7.89. The van der Waals surface area contributed by atoms with Gasteiger partial charge in [-0.15, -0.1) is 4.91 Å². The van der Waals surface area contributed by atoms with E-state index < -0.39 is 0 Å². The highest BCUT2D eigenvalue weighted by molar-refractivity contribution is 5.91. The number of ketones is 1. The van der Waals surface area contributed by atoms with E-state index in [1.807, 2.05) is 6.92 Å². The summed E-state index contributed by atoms with van der Waals surface area (Å²) in [7, 11) is 0. The summed E-state index contributed by atoms with van der Waals surface area (Å²) in [6.07, 6.45) is 3.55. The Morgan fingerprint density at radius 3 is 2.23 bits per heavy atom. The molecule has 4 nitrogen and oxygen atoms in total. The monoisotopic (exact) mass is 185 g/mol. The van der Waals surface area contributed by atoms with Gasteiger partial charge in [0.25, 0.3) is 0 Å². The third-order valence-electron chi connectivity index (χ3n) is 1.82. The molecule has 0 saturated carbocycles. The van der Waals surface area contributed by atoms with E-state index in [-0.39, 0.29) is 11.2 Å². The fourth-order valence-electron chi connectivity index (χ4n) is 1.67. The van der Waals surface area contributed by atoms with E-state index in [9.17, 15) is 4.79 Å². The molecule has 0 aromatic heterocycles. The zero-order valence-corrected chi connectivity index (χ0v) is 8.20. The quantitative estimate of drug-likeness (QED) is 0.465. The lowest BCUT2D eigenvalue weighted by Crippen LogP contribution is -2.20. The number of hydrogen-bond acceptors (Lipinski definition) is 3. The normalized spacial score (nSPS) is 19.6. The summed E-state index contributed by atoms with van der Waals surface area (Å²) in [5.41, 5.74) is 1.43. The van der Waals surface area contributed by atoms with Crippen molar-refractivity contribution in [2.45, 2.75) is 33.6 Å². The largest absolute Gasteiger partial charge is 0.379 e. The van der Waals surface area contributed by atoms with Crippen LogP contribution in [0, 0.1) is 10.3 Å². The molecule has 0 bridgehead atoms. The van der Waals surface area contributed by atoms with E-state index in [1.54, 1.807) is 6.08 Å². The SMILES string of the molecule is CC1=CC(=O)CC(C)(C)C1.O=NO. The van der Waals surface area contributed by atoms with Gasteiger partial charge in [-0.3, -0.25) is 4.79 Å². The third-order valence-corrected chi connectivity index (χ3v) is 1.82. The van der Waals surface area contributed by atoms with Crippen molar-refractivity contribution in [3.63, 3.8) is 0 Å². The standard InChI is InChI=1S/C9H14O.HNO2/c1-7-4-8(10)6-9(2,3)5-7;2-1-3/h4H,5-6H2,1-3H3;(H,2,3). The topological polar surface area (TPSA) is 66.7 Å². The van der Waals surface area contributed by atoms with Crippen LogP contribution in [0.15, 0.2) is 17.0 Å². The van der Waals surface area contributed by atoms with E-state index in [4.69, 9.17) is 10.1 Å². The lowest BCUT2D eigenvalue weighted by Gasteiger charge is -2.27. The van der Waals surface area contributed by atoms with Crippen LogP contribution in [-0.2, 0) is 4.79 Å². The van der Waals surface area contributed by atoms with Gasteiger partial charge in [-0.1, -0.05) is 19.4 Å². The second kappa shape index (κ2) is 4.74. The van der Waals surface area contributed by atoms with Crippen molar-refractivity contribution in [3.8, 4) is 0 Å². The van der Waals surface area contributed by atoms with Crippen molar-refractivity contribution in [1.82, 2.24) is 0 Å². The van der Waals surface area contributed by atoms with Gasteiger partial charge in [-0.25, -0.2) is 0 Å². The molecular formula is C9H15NO3. The molecular weight excluding hydrogens is 170 g/mol. The molecule has 1 rings (SSSR count). The van der Waals surface area contributed by atoms with Crippen LogP contribution in [0.3, 0.4) is 0 Å². The average Bonchev–Trinajstić information content (AvgIpc) is 1.81. The van der Waals surface area contributed by atoms with Crippen molar-refractivity contribution in [2.24, 2.45) is 10.8 Å². The molecule has 4 heteroatoms. The Labute approximate surface area is 77.6 Å². The van der Waals surface area contributed by atoms with E-state index in [0.717, 1.165) is 6.42 Å². The van der Waals surface area contributed by atoms with E-state index in [0.29, 0.717) is 6.42 Å². The van der Waals surface area contributed by atoms with Crippen LogP contribution in [0.4, 0.5) is 0 Å². The summed E-state index contributed by atoms with van der Waals surface area (Å²) in [6, 6.07) is 0. The molecule has 0 aromatic rings. The summed E-state index contributed by atoms with van der Waals surface area (Å²) < 4.78 is 0. The van der Waals surface area contributed by atoms with Crippen molar-refractivity contribution >= 4 is 5.78 Å². The van der Waals surface area contributed by atoms with Crippen LogP contribution in [0.25, 0.3) is 0 Å². The summed E-state index contributed by atoms with van der Waals surface area (Å²) >= 11 is 0. The predicted octanol–water partition coefficient (Wildman–Crippen LogP) is 2.46. The number of rotatable bonds is 0. The molecule has 0 fully saturated rings. The highest BCUT2D eigenvalue weighted by Crippen LogP contribution is 2.32. The first-order chi connectivity index (χ1) is 5.91. The molecule has 74 valence electrons. The van der Waals surface area contributed by atoms with Gasteiger partial charge < -0.3 is 5.21 Å². The number of carbonyl (C=O) groups excluding carboxylic acids is 1. The predicted molar refractivity (Wildman–Crippen MR) is 49.4 cm³/mol. The molecule has 0 spiro atoms. The Hall–Kier alpha value is -1.19. The molecule has 0 amide bonds. The zero-order valence-electron chi connectivity index (χ0n) is 8.20. The Kier molecular flexibility index (Phi) is 4.31. The number of nitrogens with zero attached hydrogens (tertiary/aromatic N) is 1. The maximum Gasteiger partial charge on any atom is 0.156 e. The van der Waals surface area contributed by atoms with Crippen LogP contribution < -0.4 is 0 Å². The van der Waals surface area contributed by atoms with Crippen LogP contribution >= 0.6 is 0 Å². The highest BCUT2D eigenvalue weighted by Gasteiger charge is 2.25. The molecule has 1 aliphatic rings. The Morgan fingerprint density at radius 2 is 1.92 bits per heavy atom. The first-order valence-corrected chi connectivity index (χ1v) is 4.08. The third kappa shape index (κ3) is 5.11. The fraction of sp³-hybridized carbons (Fsp3) is 0.667. The highest BCUT2D eigenvalue weighted by atomic mass is 16.6. The average molecular weight is 185 g/mol. The fourth-order valence-corrected chi connectivity index (χ4v) is 1.67. The van der Waals surface area contributed by atoms with Crippen LogP contribution in [-0.4, -0.2) is 11.0 Å². The van der Waals surface area contributed by atoms with E-state index in [1.165, 1.54) is 10.9 Å². The smallest absolute Gasteiger partial charge is 0.156 e. The maximum atomic E-state index is 11.0. The second-order valence-corrected chi connectivity index (χ2v) is 4.06. The number of carbonyl (C=O) groups is 1. The van der Waals surface area contributed by atoms with Crippen molar-refractivity contribution in [3.05, 3.63) is 16.6 Å². The van der Waals surface area contributed by atoms with E-state index >= 15 is 0 Å². The molecule has 0 aliphatic heterocycles. The molecule has 0 radical (unpaired) electrons. The molecule has 13 heavy (non-hydrogen) atoms. The lowest BCUT2D eigenvalue weighted by molar-refractivity contribution is -0.117. The molecule has 0 aromatic carbocycles. The molecule has 1 aliphatic carbocycles. The van der Waals surface area contributed by atoms with Crippen LogP contribution in [0.2, 0.25) is 0 Å².